The number of rotatable bonds is 6. The SMILES string of the molecule is Cn1c(=O)c([C@@H](CC(N)=O)c2oc(CN3C[C@H]4C[C@@H](C3)c3cccc(=O)n3C4)cc(=O)c2O)cc2ccccc21. The van der Waals surface area contributed by atoms with Crippen molar-refractivity contribution in [1.82, 2.24) is 14.0 Å². The van der Waals surface area contributed by atoms with E-state index in [1.54, 1.807) is 25.2 Å². The molecular formula is C30H30N4O6. The number of benzene rings is 1. The van der Waals surface area contributed by atoms with E-state index in [9.17, 15) is 24.3 Å². The molecule has 0 spiro atoms. The highest BCUT2D eigenvalue weighted by atomic mass is 16.4. The Labute approximate surface area is 228 Å². The van der Waals surface area contributed by atoms with Crippen LogP contribution in [-0.2, 0) is 24.9 Å². The predicted molar refractivity (Wildman–Crippen MR) is 148 cm³/mol. The number of hydrogen-bond acceptors (Lipinski definition) is 7. The summed E-state index contributed by atoms with van der Waals surface area (Å²) in [5.41, 5.74) is 6.45. The van der Waals surface area contributed by atoms with Crippen molar-refractivity contribution in [3.05, 3.63) is 108 Å². The number of para-hydroxylation sites is 1. The van der Waals surface area contributed by atoms with Crippen molar-refractivity contribution in [1.29, 1.82) is 0 Å². The zero-order valence-corrected chi connectivity index (χ0v) is 22.1. The highest BCUT2D eigenvalue weighted by Crippen LogP contribution is 2.36. The zero-order chi connectivity index (χ0) is 28.1. The van der Waals surface area contributed by atoms with Crippen LogP contribution in [0.5, 0.6) is 5.75 Å². The number of primary amides is 1. The molecule has 1 saturated heterocycles. The van der Waals surface area contributed by atoms with E-state index in [0.717, 1.165) is 17.5 Å². The first kappa shape index (κ1) is 25.8. The number of aromatic hydroxyl groups is 1. The fraction of sp³-hybridized carbons (Fsp3) is 0.333. The molecule has 1 fully saturated rings. The number of piperidine rings is 1. The third kappa shape index (κ3) is 4.54. The molecule has 5 heterocycles. The van der Waals surface area contributed by atoms with Gasteiger partial charge in [-0.25, -0.2) is 0 Å². The largest absolute Gasteiger partial charge is 0.502 e. The Morgan fingerprint density at radius 3 is 2.67 bits per heavy atom. The molecule has 6 rings (SSSR count). The molecule has 206 valence electrons. The number of carbonyl (C=O) groups is 1. The summed E-state index contributed by atoms with van der Waals surface area (Å²) in [6, 6.07) is 15.6. The topological polar surface area (TPSA) is 141 Å². The Balaban J connectivity index is 1.37. The van der Waals surface area contributed by atoms with Crippen molar-refractivity contribution in [3.8, 4) is 5.75 Å². The van der Waals surface area contributed by atoms with Gasteiger partial charge in [0.1, 0.15) is 5.76 Å². The van der Waals surface area contributed by atoms with Crippen LogP contribution in [0.15, 0.2) is 73.4 Å². The van der Waals surface area contributed by atoms with E-state index in [0.29, 0.717) is 37.5 Å². The van der Waals surface area contributed by atoms with Crippen LogP contribution < -0.4 is 22.3 Å². The smallest absolute Gasteiger partial charge is 0.254 e. The van der Waals surface area contributed by atoms with Crippen molar-refractivity contribution >= 4 is 16.8 Å². The van der Waals surface area contributed by atoms with Gasteiger partial charge in [0.05, 0.1) is 18.0 Å². The Kier molecular flexibility index (Phi) is 6.42. The quantitative estimate of drug-likeness (QED) is 0.380. The van der Waals surface area contributed by atoms with E-state index in [1.165, 1.54) is 10.6 Å². The van der Waals surface area contributed by atoms with Gasteiger partial charge < -0.3 is 24.4 Å². The molecule has 0 radical (unpaired) electrons. The highest BCUT2D eigenvalue weighted by Gasteiger charge is 2.35. The van der Waals surface area contributed by atoms with Gasteiger partial charge in [-0.15, -0.1) is 0 Å². The third-order valence-corrected chi connectivity index (χ3v) is 8.19. The molecule has 0 aliphatic carbocycles. The molecule has 10 nitrogen and oxygen atoms in total. The maximum atomic E-state index is 13.4. The first-order chi connectivity index (χ1) is 19.2. The zero-order valence-electron chi connectivity index (χ0n) is 22.1. The van der Waals surface area contributed by atoms with Crippen LogP contribution in [-0.4, -0.2) is 38.1 Å². The summed E-state index contributed by atoms with van der Waals surface area (Å²) in [5, 5.41) is 11.6. The number of fused-ring (bicyclic) bond motifs is 5. The summed E-state index contributed by atoms with van der Waals surface area (Å²) in [6.07, 6.45) is 0.656. The van der Waals surface area contributed by atoms with Gasteiger partial charge >= 0.3 is 0 Å². The van der Waals surface area contributed by atoms with Crippen LogP contribution >= 0.6 is 0 Å². The number of pyridine rings is 2. The van der Waals surface area contributed by atoms with Crippen LogP contribution in [0.3, 0.4) is 0 Å². The fourth-order valence-corrected chi connectivity index (χ4v) is 6.46. The lowest BCUT2D eigenvalue weighted by Gasteiger charge is -2.42. The molecule has 40 heavy (non-hydrogen) atoms. The molecule has 4 aromatic rings. The first-order valence-electron chi connectivity index (χ1n) is 13.3. The second-order valence-corrected chi connectivity index (χ2v) is 10.9. The average Bonchev–Trinajstić information content (AvgIpc) is 2.92. The number of nitrogens with two attached hydrogens (primary N) is 1. The van der Waals surface area contributed by atoms with E-state index in [1.807, 2.05) is 34.9 Å². The van der Waals surface area contributed by atoms with Gasteiger partial charge in [-0.2, -0.15) is 0 Å². The maximum absolute atomic E-state index is 13.4. The highest BCUT2D eigenvalue weighted by molar-refractivity contribution is 5.80. The number of carbonyl (C=O) groups excluding carboxylic acids is 1. The first-order valence-corrected chi connectivity index (χ1v) is 13.3. The summed E-state index contributed by atoms with van der Waals surface area (Å²) in [4.78, 5) is 53.0. The van der Waals surface area contributed by atoms with Crippen molar-refractivity contribution in [2.24, 2.45) is 18.7 Å². The minimum absolute atomic E-state index is 0.00940. The Hall–Kier alpha value is -4.44. The molecule has 2 aliphatic rings. The van der Waals surface area contributed by atoms with Crippen LogP contribution in [0.2, 0.25) is 0 Å². The van der Waals surface area contributed by atoms with Crippen molar-refractivity contribution in [2.75, 3.05) is 13.1 Å². The number of nitrogens with zero attached hydrogens (tertiary/aromatic N) is 3. The minimum atomic E-state index is -1.05. The molecular weight excluding hydrogens is 512 g/mol. The summed E-state index contributed by atoms with van der Waals surface area (Å²) in [7, 11) is 1.63. The molecule has 3 N–H and O–H groups in total. The van der Waals surface area contributed by atoms with E-state index < -0.39 is 23.0 Å². The molecule has 0 saturated carbocycles. The lowest BCUT2D eigenvalue weighted by atomic mass is 9.83. The average molecular weight is 543 g/mol. The van der Waals surface area contributed by atoms with Gasteiger partial charge in [0.2, 0.25) is 17.1 Å². The third-order valence-electron chi connectivity index (χ3n) is 8.19. The van der Waals surface area contributed by atoms with Crippen molar-refractivity contribution in [3.63, 3.8) is 0 Å². The maximum Gasteiger partial charge on any atom is 0.254 e. The summed E-state index contributed by atoms with van der Waals surface area (Å²) in [5.74, 6) is -1.78. The van der Waals surface area contributed by atoms with Crippen LogP contribution in [0.25, 0.3) is 10.9 Å². The molecule has 1 aromatic carbocycles. The Morgan fingerprint density at radius 2 is 1.88 bits per heavy atom. The van der Waals surface area contributed by atoms with E-state index in [4.69, 9.17) is 10.2 Å². The Bertz CT molecular complexity index is 1820. The Morgan fingerprint density at radius 1 is 1.07 bits per heavy atom. The van der Waals surface area contributed by atoms with Gasteiger partial charge in [-0.05, 0) is 35.9 Å². The van der Waals surface area contributed by atoms with E-state index in [2.05, 4.69) is 4.90 Å². The van der Waals surface area contributed by atoms with Gasteiger partial charge in [0.15, 0.2) is 5.76 Å². The van der Waals surface area contributed by atoms with Gasteiger partial charge in [-0.1, -0.05) is 24.3 Å². The molecule has 0 unspecified atom stereocenters. The number of likely N-dealkylation sites (tertiary alicyclic amines) is 1. The lowest BCUT2D eigenvalue weighted by molar-refractivity contribution is -0.118. The monoisotopic (exact) mass is 542 g/mol. The molecule has 1 amide bonds. The number of aryl methyl sites for hydroxylation is 1. The van der Waals surface area contributed by atoms with Crippen molar-refractivity contribution < 1.29 is 14.3 Å². The van der Waals surface area contributed by atoms with Crippen LogP contribution in [0.4, 0.5) is 0 Å². The molecule has 3 atom stereocenters. The summed E-state index contributed by atoms with van der Waals surface area (Å²) < 4.78 is 9.44. The normalized spacial score (nSPS) is 19.3. The van der Waals surface area contributed by atoms with Gasteiger partial charge in [0, 0.05) is 62.4 Å². The van der Waals surface area contributed by atoms with Gasteiger partial charge in [0.25, 0.3) is 11.1 Å². The molecule has 2 bridgehead atoms. The second-order valence-electron chi connectivity index (χ2n) is 10.9. The van der Waals surface area contributed by atoms with Crippen molar-refractivity contribution in [2.45, 2.75) is 37.8 Å². The summed E-state index contributed by atoms with van der Waals surface area (Å²) in [6.45, 7) is 2.33. The van der Waals surface area contributed by atoms with E-state index >= 15 is 0 Å². The van der Waals surface area contributed by atoms with E-state index in [-0.39, 0.29) is 40.7 Å². The molecule has 10 heteroatoms. The van der Waals surface area contributed by atoms with Gasteiger partial charge in [-0.3, -0.25) is 24.1 Å². The summed E-state index contributed by atoms with van der Waals surface area (Å²) >= 11 is 0. The van der Waals surface area contributed by atoms with Crippen LogP contribution in [0, 0.1) is 5.92 Å². The standard InChI is InChI=1S/C30H30N4O6/c1-32-23-6-3-2-5-18(23)10-22(30(32)39)21(12-26(31)36)29-28(38)25(35)11-20(40-29)16-33-13-17-9-19(15-33)24-7-4-8-27(37)34(24)14-17/h2-8,10-11,17,19,21,38H,9,12-16H2,1H3,(H2,31,36)/t17-,19+,21-/m1/s1. The number of aromatic nitrogens is 2. The molecule has 3 aromatic heterocycles. The minimum Gasteiger partial charge on any atom is -0.502 e. The molecule has 2 aliphatic heterocycles. The second kappa shape index (κ2) is 9.95. The predicted octanol–water partition coefficient (Wildman–Crippen LogP) is 1.99. The number of amides is 1. The number of hydrogen-bond donors (Lipinski definition) is 2. The fourth-order valence-electron chi connectivity index (χ4n) is 6.46. The lowest BCUT2D eigenvalue weighted by Crippen LogP contribution is -2.46. The van der Waals surface area contributed by atoms with Crippen LogP contribution in [0.1, 0.15) is 47.5 Å².